The van der Waals surface area contributed by atoms with Gasteiger partial charge < -0.3 is 19.3 Å². The highest BCUT2D eigenvalue weighted by Gasteiger charge is 2.16. The molecule has 0 spiro atoms. The normalized spacial score (nSPS) is 12.0. The van der Waals surface area contributed by atoms with Crippen LogP contribution in [0.4, 0.5) is 11.4 Å². The van der Waals surface area contributed by atoms with Crippen molar-refractivity contribution in [2.45, 2.75) is 58.8 Å². The van der Waals surface area contributed by atoms with Crippen LogP contribution < -0.4 is 0 Å². The summed E-state index contributed by atoms with van der Waals surface area (Å²) in [5.41, 5.74) is 4.30. The summed E-state index contributed by atoms with van der Waals surface area (Å²) in [7, 11) is 3.47. The van der Waals surface area contributed by atoms with Crippen LogP contribution in [0.15, 0.2) is 56.9 Å². The van der Waals surface area contributed by atoms with Crippen LogP contribution in [0.25, 0.3) is 21.8 Å². The van der Waals surface area contributed by atoms with Gasteiger partial charge in [-0.15, -0.1) is 20.5 Å². The third-order valence-electron chi connectivity index (χ3n) is 6.90. The van der Waals surface area contributed by atoms with Crippen molar-refractivity contribution >= 4 is 45.0 Å². The third kappa shape index (κ3) is 6.22. The average molecular weight is 531 g/mol. The second-order valence-corrected chi connectivity index (χ2v) is 9.96. The molecule has 2 heterocycles. The molecule has 0 fully saturated rings. The lowest BCUT2D eigenvalue weighted by molar-refractivity contribution is -0.119. The van der Waals surface area contributed by atoms with Gasteiger partial charge in [-0.3, -0.25) is 9.59 Å². The molecule has 2 N–H and O–H groups in total. The van der Waals surface area contributed by atoms with E-state index in [0.29, 0.717) is 24.2 Å². The number of rotatable bonds is 10. The van der Waals surface area contributed by atoms with Gasteiger partial charge in [0.25, 0.3) is 11.8 Å². The highest BCUT2D eigenvalue weighted by molar-refractivity contribution is 5.96. The molecular formula is C29H34N6O4. The van der Waals surface area contributed by atoms with Crippen LogP contribution in [0.1, 0.15) is 56.1 Å². The van der Waals surface area contributed by atoms with E-state index in [1.54, 1.807) is 23.2 Å². The molecule has 0 aliphatic carbocycles. The molecular weight excluding hydrogens is 496 g/mol. The Labute approximate surface area is 226 Å². The van der Waals surface area contributed by atoms with E-state index in [1.807, 2.05) is 50.2 Å². The Morgan fingerprint density at radius 1 is 0.667 bits per heavy atom. The second kappa shape index (κ2) is 12.0. The number of hydrogen-bond donors (Lipinski definition) is 2. The fourth-order valence-corrected chi connectivity index (χ4v) is 4.64. The standard InChI is InChI=1S/C29H34N6O4/c1-18-12-14-22-20(16-18)26(28(38)34(22)3)32-30-24(36)10-8-6-5-7-9-11-25(37)31-33-27-21-17-19(2)13-15-23(21)35(4)29(27)39/h12-17,38-39H,5-11H2,1-4H3. The Balaban J connectivity index is 1.18. The molecule has 0 aliphatic rings. The van der Waals surface area contributed by atoms with Gasteiger partial charge in [-0.05, 0) is 51.0 Å². The number of benzene rings is 2. The van der Waals surface area contributed by atoms with Crippen molar-refractivity contribution in [2.75, 3.05) is 0 Å². The molecule has 2 aromatic heterocycles. The van der Waals surface area contributed by atoms with Crippen LogP contribution in [0.2, 0.25) is 0 Å². The predicted octanol–water partition coefficient (Wildman–Crippen LogP) is 7.35. The first kappa shape index (κ1) is 27.7. The number of azo groups is 2. The Morgan fingerprint density at radius 2 is 1.05 bits per heavy atom. The Morgan fingerprint density at radius 3 is 1.46 bits per heavy atom. The zero-order chi connectivity index (χ0) is 28.1. The molecule has 10 heteroatoms. The van der Waals surface area contributed by atoms with E-state index in [1.165, 1.54) is 0 Å². The molecule has 0 aliphatic heterocycles. The number of unbranched alkanes of at least 4 members (excludes halogenated alkanes) is 4. The zero-order valence-electron chi connectivity index (χ0n) is 22.8. The van der Waals surface area contributed by atoms with Crippen molar-refractivity contribution in [3.63, 3.8) is 0 Å². The van der Waals surface area contributed by atoms with Gasteiger partial charge in [0.05, 0.1) is 11.0 Å². The van der Waals surface area contributed by atoms with E-state index >= 15 is 0 Å². The number of hydrogen-bond acceptors (Lipinski definition) is 6. The van der Waals surface area contributed by atoms with Crippen molar-refractivity contribution in [1.29, 1.82) is 0 Å². The average Bonchev–Trinajstić information content (AvgIpc) is 3.28. The van der Waals surface area contributed by atoms with Gasteiger partial charge in [-0.25, -0.2) is 0 Å². The van der Waals surface area contributed by atoms with Gasteiger partial charge in [0.1, 0.15) is 0 Å². The largest absolute Gasteiger partial charge is 0.493 e. The van der Waals surface area contributed by atoms with Gasteiger partial charge in [0.15, 0.2) is 11.4 Å². The molecule has 0 atom stereocenters. The van der Waals surface area contributed by atoms with E-state index in [9.17, 15) is 19.8 Å². The number of aromatic hydroxyl groups is 2. The van der Waals surface area contributed by atoms with E-state index in [2.05, 4.69) is 20.5 Å². The van der Waals surface area contributed by atoms with Gasteiger partial charge in [-0.2, -0.15) is 0 Å². The lowest BCUT2D eigenvalue weighted by atomic mass is 10.1. The van der Waals surface area contributed by atoms with Crippen LogP contribution in [-0.2, 0) is 23.7 Å². The van der Waals surface area contributed by atoms with Gasteiger partial charge in [0, 0.05) is 37.7 Å². The van der Waals surface area contributed by atoms with Crippen molar-refractivity contribution in [1.82, 2.24) is 9.13 Å². The minimum Gasteiger partial charge on any atom is -0.493 e. The first-order chi connectivity index (χ1) is 18.7. The smallest absolute Gasteiger partial charge is 0.264 e. The van der Waals surface area contributed by atoms with Crippen molar-refractivity contribution in [3.8, 4) is 11.8 Å². The fraction of sp³-hybridized carbons (Fsp3) is 0.379. The molecule has 39 heavy (non-hydrogen) atoms. The molecule has 0 unspecified atom stereocenters. The van der Waals surface area contributed by atoms with Crippen molar-refractivity contribution < 1.29 is 19.8 Å². The van der Waals surface area contributed by atoms with Crippen LogP contribution in [-0.4, -0.2) is 31.2 Å². The SMILES string of the molecule is Cc1ccc2c(c1)c(N=NC(=O)CCCCCCCC(=O)N=Nc1c(O)n(C)c3ccc(C)cc13)c(O)n2C. The Hall–Kier alpha value is -4.34. The maximum Gasteiger partial charge on any atom is 0.264 e. The van der Waals surface area contributed by atoms with E-state index in [0.717, 1.165) is 52.2 Å². The van der Waals surface area contributed by atoms with Crippen molar-refractivity contribution in [3.05, 3.63) is 47.5 Å². The highest BCUT2D eigenvalue weighted by atomic mass is 16.3. The predicted molar refractivity (Wildman–Crippen MR) is 150 cm³/mol. The lowest BCUT2D eigenvalue weighted by Crippen LogP contribution is -1.93. The summed E-state index contributed by atoms with van der Waals surface area (Å²) in [4.78, 5) is 24.4. The number of nitrogens with zero attached hydrogens (tertiary/aromatic N) is 6. The monoisotopic (exact) mass is 530 g/mol. The number of aryl methyl sites for hydroxylation is 4. The van der Waals surface area contributed by atoms with Crippen LogP contribution in [0.5, 0.6) is 11.8 Å². The molecule has 4 aromatic rings. The first-order valence-corrected chi connectivity index (χ1v) is 13.1. The number of fused-ring (bicyclic) bond motifs is 2. The maximum absolute atomic E-state index is 12.2. The maximum atomic E-state index is 12.2. The number of aromatic nitrogens is 2. The van der Waals surface area contributed by atoms with Crippen LogP contribution in [0, 0.1) is 13.8 Å². The summed E-state index contributed by atoms with van der Waals surface area (Å²) >= 11 is 0. The van der Waals surface area contributed by atoms with Crippen molar-refractivity contribution in [2.24, 2.45) is 34.6 Å². The second-order valence-electron chi connectivity index (χ2n) is 9.96. The molecule has 0 bridgehead atoms. The van der Waals surface area contributed by atoms with Gasteiger partial charge in [0.2, 0.25) is 11.8 Å². The molecule has 204 valence electrons. The summed E-state index contributed by atoms with van der Waals surface area (Å²) in [6, 6.07) is 11.5. The molecule has 0 saturated heterocycles. The first-order valence-electron chi connectivity index (χ1n) is 13.1. The molecule has 10 nitrogen and oxygen atoms in total. The minimum atomic E-state index is -0.332. The summed E-state index contributed by atoms with van der Waals surface area (Å²) in [5, 5.41) is 37.9. The molecule has 0 radical (unpaired) electrons. The molecule has 0 saturated carbocycles. The van der Waals surface area contributed by atoms with Gasteiger partial charge >= 0.3 is 0 Å². The molecule has 4 rings (SSSR count). The lowest BCUT2D eigenvalue weighted by Gasteiger charge is -1.99. The summed E-state index contributed by atoms with van der Waals surface area (Å²) < 4.78 is 3.24. The van der Waals surface area contributed by atoms with E-state index in [4.69, 9.17) is 0 Å². The Kier molecular flexibility index (Phi) is 8.53. The van der Waals surface area contributed by atoms with Gasteiger partial charge in [-0.1, -0.05) is 42.5 Å². The highest BCUT2D eigenvalue weighted by Crippen LogP contribution is 2.39. The summed E-state index contributed by atoms with van der Waals surface area (Å²) in [6.07, 6.45) is 4.43. The van der Waals surface area contributed by atoms with Crippen LogP contribution >= 0.6 is 0 Å². The van der Waals surface area contributed by atoms with E-state index in [-0.39, 0.29) is 36.4 Å². The number of carbonyl (C=O) groups is 2. The summed E-state index contributed by atoms with van der Waals surface area (Å²) in [6.45, 7) is 3.91. The number of amides is 2. The molecule has 2 amide bonds. The third-order valence-corrected chi connectivity index (χ3v) is 6.90. The summed E-state index contributed by atoms with van der Waals surface area (Å²) in [5.74, 6) is -0.710. The van der Waals surface area contributed by atoms with E-state index < -0.39 is 0 Å². The minimum absolute atomic E-state index is 0.0229. The topological polar surface area (TPSA) is 134 Å². The molecule has 2 aromatic carbocycles. The van der Waals surface area contributed by atoms with Crippen LogP contribution in [0.3, 0.4) is 0 Å². The quantitative estimate of drug-likeness (QED) is 0.164. The Bertz CT molecular complexity index is 1480. The zero-order valence-corrected chi connectivity index (χ0v) is 22.8. The fourth-order valence-electron chi connectivity index (χ4n) is 4.64. The number of carbonyl (C=O) groups excluding carboxylic acids is 2.